The summed E-state index contributed by atoms with van der Waals surface area (Å²) in [6, 6.07) is 15.5. The predicted octanol–water partition coefficient (Wildman–Crippen LogP) is 2.19. The molecule has 4 aromatic rings. The first kappa shape index (κ1) is 18.4. The molecule has 0 radical (unpaired) electrons. The molecule has 1 amide bonds. The standard InChI is InChI=1S/C21H18N4O4/c26-16(27)11-22-21(29)18-19(28)15-8-4-7-14(10-9-13-5-2-1-3-6-13)17(15)20-23-12-24-25(18)20/h1-8,12,28H,9-11H2,(H,22,29)(H,26,27). The molecule has 0 spiro atoms. The molecule has 29 heavy (non-hydrogen) atoms. The highest BCUT2D eigenvalue weighted by atomic mass is 16.4. The summed E-state index contributed by atoms with van der Waals surface area (Å²) < 4.78 is 1.25. The van der Waals surface area contributed by atoms with Crippen LogP contribution in [0.1, 0.15) is 21.6 Å². The fourth-order valence-corrected chi connectivity index (χ4v) is 3.44. The van der Waals surface area contributed by atoms with Crippen LogP contribution in [-0.4, -0.2) is 43.2 Å². The number of carboxylic acids is 1. The minimum Gasteiger partial charge on any atom is -0.505 e. The summed E-state index contributed by atoms with van der Waals surface area (Å²) in [5.74, 6) is -2.18. The van der Waals surface area contributed by atoms with Gasteiger partial charge in [-0.3, -0.25) is 9.59 Å². The molecule has 0 saturated carbocycles. The first-order valence-corrected chi connectivity index (χ1v) is 9.06. The minimum atomic E-state index is -1.18. The molecule has 146 valence electrons. The van der Waals surface area contributed by atoms with Gasteiger partial charge in [-0.05, 0) is 24.0 Å². The number of aromatic nitrogens is 3. The van der Waals surface area contributed by atoms with Crippen LogP contribution in [0, 0.1) is 0 Å². The maximum absolute atomic E-state index is 12.5. The van der Waals surface area contributed by atoms with Crippen molar-refractivity contribution in [1.29, 1.82) is 0 Å². The summed E-state index contributed by atoms with van der Waals surface area (Å²) in [5, 5.41) is 27.1. The highest BCUT2D eigenvalue weighted by Crippen LogP contribution is 2.33. The molecule has 0 atom stereocenters. The number of benzene rings is 2. The third-order valence-corrected chi connectivity index (χ3v) is 4.75. The monoisotopic (exact) mass is 390 g/mol. The van der Waals surface area contributed by atoms with E-state index in [2.05, 4.69) is 27.5 Å². The average molecular weight is 390 g/mol. The van der Waals surface area contributed by atoms with Crippen LogP contribution in [0.2, 0.25) is 0 Å². The highest BCUT2D eigenvalue weighted by Gasteiger charge is 2.23. The van der Waals surface area contributed by atoms with E-state index in [0.717, 1.165) is 12.0 Å². The quantitative estimate of drug-likeness (QED) is 0.465. The number of nitrogens with zero attached hydrogens (tertiary/aromatic N) is 3. The van der Waals surface area contributed by atoms with Crippen LogP contribution in [0.25, 0.3) is 16.4 Å². The fraction of sp³-hybridized carbons (Fsp3) is 0.143. The Hall–Kier alpha value is -3.94. The third-order valence-electron chi connectivity index (χ3n) is 4.75. The van der Waals surface area contributed by atoms with Gasteiger partial charge in [0, 0.05) is 10.8 Å². The first-order valence-electron chi connectivity index (χ1n) is 9.06. The number of rotatable bonds is 6. The van der Waals surface area contributed by atoms with Gasteiger partial charge in [0.2, 0.25) is 0 Å². The minimum absolute atomic E-state index is 0.147. The van der Waals surface area contributed by atoms with Crippen LogP contribution < -0.4 is 5.32 Å². The number of nitrogens with one attached hydrogen (secondary N) is 1. The molecule has 0 bridgehead atoms. The van der Waals surface area contributed by atoms with Crippen molar-refractivity contribution in [3.05, 3.63) is 71.7 Å². The Kier molecular flexibility index (Phi) is 4.82. The van der Waals surface area contributed by atoms with Crippen LogP contribution in [0.5, 0.6) is 5.75 Å². The summed E-state index contributed by atoms with van der Waals surface area (Å²) in [7, 11) is 0. The van der Waals surface area contributed by atoms with Gasteiger partial charge in [-0.2, -0.15) is 5.10 Å². The first-order chi connectivity index (χ1) is 14.1. The summed E-state index contributed by atoms with van der Waals surface area (Å²) in [6.07, 6.45) is 2.83. The Morgan fingerprint density at radius 2 is 1.83 bits per heavy atom. The van der Waals surface area contributed by atoms with Crippen LogP contribution in [0.15, 0.2) is 54.9 Å². The molecule has 4 rings (SSSR count). The molecule has 0 unspecified atom stereocenters. The van der Waals surface area contributed by atoms with Crippen molar-refractivity contribution in [3.63, 3.8) is 0 Å². The van der Waals surface area contributed by atoms with Gasteiger partial charge in [-0.25, -0.2) is 9.50 Å². The van der Waals surface area contributed by atoms with Crippen LogP contribution >= 0.6 is 0 Å². The van der Waals surface area contributed by atoms with E-state index in [1.54, 1.807) is 6.07 Å². The molecule has 2 aromatic carbocycles. The van der Waals surface area contributed by atoms with E-state index in [0.29, 0.717) is 22.8 Å². The molecule has 0 aliphatic rings. The summed E-state index contributed by atoms with van der Waals surface area (Å²) in [6.45, 7) is -0.566. The molecule has 8 heteroatoms. The van der Waals surface area contributed by atoms with Gasteiger partial charge in [0.15, 0.2) is 17.1 Å². The zero-order chi connectivity index (χ0) is 20.4. The second-order valence-corrected chi connectivity index (χ2v) is 6.59. The molecule has 0 aliphatic carbocycles. The van der Waals surface area contributed by atoms with Crippen molar-refractivity contribution in [3.8, 4) is 5.75 Å². The molecule has 0 fully saturated rings. The van der Waals surface area contributed by atoms with E-state index < -0.39 is 18.4 Å². The number of carboxylic acid groups (broad SMARTS) is 1. The number of carbonyl (C=O) groups is 2. The van der Waals surface area contributed by atoms with Crippen molar-refractivity contribution >= 4 is 28.3 Å². The lowest BCUT2D eigenvalue weighted by Crippen LogP contribution is -2.31. The van der Waals surface area contributed by atoms with Crippen molar-refractivity contribution in [2.45, 2.75) is 12.8 Å². The number of hydrogen-bond acceptors (Lipinski definition) is 5. The normalized spacial score (nSPS) is 11.0. The van der Waals surface area contributed by atoms with Crippen LogP contribution in [0.3, 0.4) is 0 Å². The molecule has 2 aromatic heterocycles. The van der Waals surface area contributed by atoms with Gasteiger partial charge in [0.25, 0.3) is 5.91 Å². The lowest BCUT2D eigenvalue weighted by atomic mass is 9.98. The smallest absolute Gasteiger partial charge is 0.322 e. The number of amides is 1. The van der Waals surface area contributed by atoms with Crippen molar-refractivity contribution in [1.82, 2.24) is 19.9 Å². The second-order valence-electron chi connectivity index (χ2n) is 6.59. The molecular formula is C21H18N4O4. The molecule has 2 heterocycles. The Balaban J connectivity index is 1.81. The van der Waals surface area contributed by atoms with Gasteiger partial charge in [0.1, 0.15) is 12.9 Å². The average Bonchev–Trinajstić information content (AvgIpc) is 3.20. The number of aliphatic carboxylic acids is 1. The summed E-state index contributed by atoms with van der Waals surface area (Å²) >= 11 is 0. The number of aryl methyl sites for hydroxylation is 2. The predicted molar refractivity (Wildman–Crippen MR) is 106 cm³/mol. The van der Waals surface area contributed by atoms with Crippen LogP contribution in [0.4, 0.5) is 0 Å². The number of fused-ring (bicyclic) bond motifs is 3. The zero-order valence-electron chi connectivity index (χ0n) is 15.4. The Bertz CT molecular complexity index is 1220. The van der Waals surface area contributed by atoms with E-state index >= 15 is 0 Å². The number of aromatic hydroxyl groups is 1. The summed E-state index contributed by atoms with van der Waals surface area (Å²) in [4.78, 5) is 27.6. The number of carbonyl (C=O) groups excluding carboxylic acids is 1. The SMILES string of the molecule is O=C(O)CNC(=O)c1c(O)c2cccc(CCc3ccccc3)c2c2ncnn12. The Morgan fingerprint density at radius 1 is 1.03 bits per heavy atom. The van der Waals surface area contributed by atoms with Gasteiger partial charge in [-0.1, -0.05) is 48.5 Å². The van der Waals surface area contributed by atoms with Crippen molar-refractivity contribution in [2.75, 3.05) is 6.54 Å². The molecule has 8 nitrogen and oxygen atoms in total. The zero-order valence-corrected chi connectivity index (χ0v) is 15.4. The largest absolute Gasteiger partial charge is 0.505 e. The van der Waals surface area contributed by atoms with E-state index in [-0.39, 0.29) is 11.4 Å². The molecule has 0 saturated heterocycles. The highest BCUT2D eigenvalue weighted by molar-refractivity contribution is 6.08. The molecule has 3 N–H and O–H groups in total. The van der Waals surface area contributed by atoms with Crippen molar-refractivity contribution < 1.29 is 19.8 Å². The van der Waals surface area contributed by atoms with E-state index in [1.165, 1.54) is 16.4 Å². The molecular weight excluding hydrogens is 372 g/mol. The fourth-order valence-electron chi connectivity index (χ4n) is 3.44. The number of hydrogen-bond donors (Lipinski definition) is 3. The van der Waals surface area contributed by atoms with E-state index in [1.807, 2.05) is 30.3 Å². The lowest BCUT2D eigenvalue weighted by molar-refractivity contribution is -0.135. The van der Waals surface area contributed by atoms with Gasteiger partial charge in [-0.15, -0.1) is 0 Å². The summed E-state index contributed by atoms with van der Waals surface area (Å²) in [5.41, 5.74) is 2.45. The molecule has 0 aliphatic heterocycles. The second kappa shape index (κ2) is 7.59. The lowest BCUT2D eigenvalue weighted by Gasteiger charge is -2.13. The number of pyridine rings is 1. The van der Waals surface area contributed by atoms with Gasteiger partial charge in [0.05, 0.1) is 0 Å². The van der Waals surface area contributed by atoms with E-state index in [4.69, 9.17) is 5.11 Å². The van der Waals surface area contributed by atoms with Gasteiger partial charge >= 0.3 is 5.97 Å². The maximum atomic E-state index is 12.5. The Morgan fingerprint density at radius 3 is 2.59 bits per heavy atom. The van der Waals surface area contributed by atoms with E-state index in [9.17, 15) is 14.7 Å². The third kappa shape index (κ3) is 3.47. The Labute approximate surface area is 165 Å². The van der Waals surface area contributed by atoms with Crippen molar-refractivity contribution in [2.24, 2.45) is 0 Å². The maximum Gasteiger partial charge on any atom is 0.322 e. The topological polar surface area (TPSA) is 117 Å². The van der Waals surface area contributed by atoms with Crippen LogP contribution in [-0.2, 0) is 17.6 Å². The van der Waals surface area contributed by atoms with Gasteiger partial charge < -0.3 is 15.5 Å².